The number of imidazole rings is 1. The molecule has 1 aromatic heterocycles. The minimum Gasteiger partial charge on any atom is -0.538 e. The molecule has 4 heteroatoms. The third-order valence-corrected chi connectivity index (χ3v) is 4.46. The van der Waals surface area contributed by atoms with E-state index < -0.39 is 5.97 Å². The van der Waals surface area contributed by atoms with Crippen molar-refractivity contribution in [1.29, 1.82) is 0 Å². The molecule has 4 nitrogen and oxygen atoms in total. The molecule has 2 unspecified atom stereocenters. The van der Waals surface area contributed by atoms with Crippen molar-refractivity contribution >= 4 is 5.97 Å². The summed E-state index contributed by atoms with van der Waals surface area (Å²) in [5.74, 6) is -1.01. The van der Waals surface area contributed by atoms with E-state index in [9.17, 15) is 9.90 Å². The zero-order valence-electron chi connectivity index (χ0n) is 13.8. The molecule has 122 valence electrons. The third-order valence-electron chi connectivity index (χ3n) is 4.46. The number of carbonyl (C=O) groups excluding carboxylic acids is 1. The van der Waals surface area contributed by atoms with Crippen molar-refractivity contribution in [3.05, 3.63) is 90.0 Å². The van der Waals surface area contributed by atoms with E-state index in [0.29, 0.717) is 0 Å². The maximum Gasteiger partial charge on any atom is 0.305 e. The number of nitrogens with zero attached hydrogens (tertiary/aromatic N) is 2. The quantitative estimate of drug-likeness (QED) is 0.678. The maximum absolute atomic E-state index is 11.8. The highest BCUT2D eigenvalue weighted by atomic mass is 16.4. The summed E-state index contributed by atoms with van der Waals surface area (Å²) in [6.07, 6.45) is 3.62. The molecule has 1 heterocycles. The van der Waals surface area contributed by atoms with Crippen molar-refractivity contribution in [3.8, 4) is 0 Å². The smallest absolute Gasteiger partial charge is 0.305 e. The normalized spacial score (nSPS) is 13.4. The highest BCUT2D eigenvalue weighted by molar-refractivity contribution is 5.80. The minimum atomic E-state index is -1.18. The Labute approximate surface area is 141 Å². The first kappa shape index (κ1) is 16.0. The number of hydrogen-bond donors (Lipinski definition) is 0. The predicted molar refractivity (Wildman–Crippen MR) is 89.5 cm³/mol. The highest BCUT2D eigenvalue weighted by Crippen LogP contribution is 2.20. The second-order valence-electron chi connectivity index (χ2n) is 5.90. The maximum atomic E-state index is 11.8. The van der Waals surface area contributed by atoms with E-state index >= 15 is 0 Å². The number of rotatable bonds is 5. The summed E-state index contributed by atoms with van der Waals surface area (Å²) in [6, 6.07) is 19.5. The summed E-state index contributed by atoms with van der Waals surface area (Å²) in [4.78, 5) is 11.8. The Morgan fingerprint density at radius 2 is 1.50 bits per heavy atom. The van der Waals surface area contributed by atoms with Crippen molar-refractivity contribution in [2.75, 3.05) is 0 Å². The molecule has 0 amide bonds. The summed E-state index contributed by atoms with van der Waals surface area (Å²) >= 11 is 0. The summed E-state index contributed by atoms with van der Waals surface area (Å²) in [5.41, 5.74) is 2.10. The van der Waals surface area contributed by atoms with Crippen LogP contribution in [-0.2, 0) is 0 Å². The Morgan fingerprint density at radius 1 is 0.958 bits per heavy atom. The van der Waals surface area contributed by atoms with Crippen molar-refractivity contribution in [2.45, 2.75) is 25.9 Å². The van der Waals surface area contributed by atoms with Gasteiger partial charge in [0.05, 0.1) is 0 Å². The van der Waals surface area contributed by atoms with E-state index in [-0.39, 0.29) is 17.9 Å². The monoisotopic (exact) mass is 320 g/mol. The van der Waals surface area contributed by atoms with Gasteiger partial charge in [0.15, 0.2) is 5.97 Å². The first-order valence-electron chi connectivity index (χ1n) is 8.03. The summed E-state index contributed by atoms with van der Waals surface area (Å²) < 4.78 is 3.51. The van der Waals surface area contributed by atoms with Crippen molar-refractivity contribution < 1.29 is 14.5 Å². The Bertz CT molecular complexity index is 762. The number of carbonyl (C=O) groups is 1. The first-order chi connectivity index (χ1) is 11.6. The lowest BCUT2D eigenvalue weighted by Gasteiger charge is -2.15. The van der Waals surface area contributed by atoms with Gasteiger partial charge in [0.1, 0.15) is 24.5 Å². The van der Waals surface area contributed by atoms with Crippen LogP contribution in [0.3, 0.4) is 0 Å². The molecule has 0 fully saturated rings. The fourth-order valence-corrected chi connectivity index (χ4v) is 3.04. The number of aromatic nitrogens is 2. The molecular formula is C20H20N2O2. The number of hydrogen-bond acceptors (Lipinski definition) is 2. The van der Waals surface area contributed by atoms with E-state index in [1.165, 1.54) is 0 Å². The second kappa shape index (κ2) is 6.71. The SMILES string of the molecule is CC(c1ccccc1)n1cc[n+](C(C)c2ccccc2)c1C(=O)[O-]. The second-order valence-corrected chi connectivity index (χ2v) is 5.90. The molecule has 0 aliphatic rings. The Morgan fingerprint density at radius 3 is 2.04 bits per heavy atom. The molecule has 2 atom stereocenters. The Hall–Kier alpha value is -2.88. The Kier molecular flexibility index (Phi) is 4.47. The lowest BCUT2D eigenvalue weighted by Crippen LogP contribution is -2.47. The fraction of sp³-hybridized carbons (Fsp3) is 0.200. The van der Waals surface area contributed by atoms with Crippen LogP contribution in [0.4, 0.5) is 0 Å². The molecule has 0 bridgehead atoms. The van der Waals surface area contributed by atoms with Crippen LogP contribution in [0.25, 0.3) is 0 Å². The standard InChI is InChI=1S/C20H20N2O2/c1-15(17-9-5-3-6-10-17)21-13-14-22(19(21)20(23)24)16(2)18-11-7-4-8-12-18/h3-16H,1-2H3. The molecule has 0 saturated carbocycles. The van der Waals surface area contributed by atoms with Crippen LogP contribution in [0.5, 0.6) is 0 Å². The zero-order chi connectivity index (χ0) is 17.1. The zero-order valence-corrected chi connectivity index (χ0v) is 13.8. The van der Waals surface area contributed by atoms with Gasteiger partial charge in [-0.2, -0.15) is 0 Å². The van der Waals surface area contributed by atoms with Crippen LogP contribution in [0, 0.1) is 0 Å². The minimum absolute atomic E-state index is 0.0941. The van der Waals surface area contributed by atoms with E-state index in [1.807, 2.05) is 86.9 Å². The van der Waals surface area contributed by atoms with E-state index in [0.717, 1.165) is 11.1 Å². The van der Waals surface area contributed by atoms with Crippen LogP contribution in [0.1, 0.15) is 47.7 Å². The van der Waals surface area contributed by atoms with Crippen LogP contribution >= 0.6 is 0 Å². The molecule has 2 aromatic carbocycles. The van der Waals surface area contributed by atoms with Gasteiger partial charge < -0.3 is 9.90 Å². The third kappa shape index (κ3) is 2.95. The first-order valence-corrected chi connectivity index (χ1v) is 8.03. The van der Waals surface area contributed by atoms with Gasteiger partial charge in [-0.05, 0) is 25.0 Å². The lowest BCUT2D eigenvalue weighted by atomic mass is 10.1. The van der Waals surface area contributed by atoms with Gasteiger partial charge in [0.25, 0.3) is 0 Å². The fourth-order valence-electron chi connectivity index (χ4n) is 3.04. The average Bonchev–Trinajstić information content (AvgIpc) is 3.07. The molecule has 0 saturated heterocycles. The van der Waals surface area contributed by atoms with Crippen molar-refractivity contribution in [1.82, 2.24) is 4.57 Å². The van der Waals surface area contributed by atoms with Gasteiger partial charge in [-0.3, -0.25) is 0 Å². The summed E-state index contributed by atoms with van der Waals surface area (Å²) in [7, 11) is 0. The van der Waals surface area contributed by atoms with E-state index in [2.05, 4.69) is 0 Å². The summed E-state index contributed by atoms with van der Waals surface area (Å²) in [6.45, 7) is 3.97. The molecule has 3 aromatic rings. The molecule has 0 spiro atoms. The molecule has 0 aliphatic carbocycles. The average molecular weight is 320 g/mol. The largest absolute Gasteiger partial charge is 0.538 e. The molecule has 0 aliphatic heterocycles. The van der Waals surface area contributed by atoms with E-state index in [1.54, 1.807) is 9.13 Å². The van der Waals surface area contributed by atoms with E-state index in [4.69, 9.17) is 0 Å². The van der Waals surface area contributed by atoms with Crippen molar-refractivity contribution in [3.63, 3.8) is 0 Å². The number of carboxylic acid groups (broad SMARTS) is 1. The van der Waals surface area contributed by atoms with Gasteiger partial charge in [0, 0.05) is 0 Å². The van der Waals surface area contributed by atoms with Crippen molar-refractivity contribution in [2.24, 2.45) is 0 Å². The van der Waals surface area contributed by atoms with Gasteiger partial charge in [-0.1, -0.05) is 60.7 Å². The Balaban J connectivity index is 2.04. The lowest BCUT2D eigenvalue weighted by molar-refractivity contribution is -0.714. The summed E-state index contributed by atoms with van der Waals surface area (Å²) in [5, 5.41) is 11.8. The molecule has 24 heavy (non-hydrogen) atoms. The topological polar surface area (TPSA) is 48.9 Å². The number of aromatic carboxylic acids is 1. The van der Waals surface area contributed by atoms with Crippen LogP contribution < -0.4 is 9.67 Å². The van der Waals surface area contributed by atoms with Crippen LogP contribution in [-0.4, -0.2) is 10.5 Å². The number of carboxylic acids is 1. The van der Waals surface area contributed by atoms with Gasteiger partial charge in [0.2, 0.25) is 0 Å². The van der Waals surface area contributed by atoms with Gasteiger partial charge in [-0.15, -0.1) is 0 Å². The number of benzene rings is 2. The predicted octanol–water partition coefficient (Wildman–Crippen LogP) is 2.36. The highest BCUT2D eigenvalue weighted by Gasteiger charge is 2.27. The molecule has 3 rings (SSSR count). The molecule has 0 radical (unpaired) electrons. The molecule has 0 N–H and O–H groups in total. The van der Waals surface area contributed by atoms with Crippen LogP contribution in [0.2, 0.25) is 0 Å². The van der Waals surface area contributed by atoms with Crippen LogP contribution in [0.15, 0.2) is 73.1 Å². The molecular weight excluding hydrogens is 300 g/mol. The van der Waals surface area contributed by atoms with Gasteiger partial charge in [-0.25, -0.2) is 9.13 Å². The van der Waals surface area contributed by atoms with Gasteiger partial charge >= 0.3 is 5.82 Å².